The first kappa shape index (κ1) is 4.14. The molecule has 0 heteroatoms. The average Bonchev–Trinajstić information content (AvgIpc) is 2.43. The van der Waals surface area contributed by atoms with Gasteiger partial charge in [0.1, 0.15) is 0 Å². The van der Waals surface area contributed by atoms with Crippen LogP contribution in [0.15, 0.2) is 60.5 Å². The number of fused-ring (bicyclic) bond motifs is 2. The maximum atomic E-state index is 8.19. The molecule has 0 aliphatic heterocycles. The van der Waals surface area contributed by atoms with Crippen molar-refractivity contribution in [2.75, 3.05) is 0 Å². The van der Waals surface area contributed by atoms with Crippen LogP contribution in [0.3, 0.4) is 0 Å². The summed E-state index contributed by atoms with van der Waals surface area (Å²) in [5.74, 6) is 0. The highest BCUT2D eigenvalue weighted by atomic mass is 14.0. The Morgan fingerprint density at radius 3 is 2.36 bits per heavy atom. The Morgan fingerprint density at radius 2 is 1.50 bits per heavy atom. The molecular weight excluding hydrogens is 168 g/mol. The number of benzene rings is 3. The fourth-order valence-corrected chi connectivity index (χ4v) is 1.56. The Morgan fingerprint density at radius 1 is 0.786 bits per heavy atom. The third-order valence-electron chi connectivity index (χ3n) is 2.24. The minimum absolute atomic E-state index is 0.0877. The van der Waals surface area contributed by atoms with Crippen molar-refractivity contribution in [1.82, 2.24) is 0 Å². The molecule has 0 saturated carbocycles. The summed E-state index contributed by atoms with van der Waals surface area (Å²) >= 11 is 0. The van der Waals surface area contributed by atoms with E-state index in [1.807, 2.05) is 18.2 Å². The van der Waals surface area contributed by atoms with E-state index in [2.05, 4.69) is 0 Å². The molecule has 0 radical (unpaired) electrons. The molecule has 0 aliphatic carbocycles. The van der Waals surface area contributed by atoms with E-state index in [0.717, 1.165) is 5.39 Å². The van der Waals surface area contributed by atoms with Gasteiger partial charge in [0.05, 0.1) is 6.85 Å². The summed E-state index contributed by atoms with van der Waals surface area (Å²) in [5, 5.41) is 2.18. The summed E-state index contributed by atoms with van der Waals surface area (Å²) in [6, 6.07) is 8.39. The summed E-state index contributed by atoms with van der Waals surface area (Å²) in [6.07, 6.45) is 0. The van der Waals surface area contributed by atoms with Crippen molar-refractivity contribution >= 4 is 21.5 Å². The summed E-state index contributed by atoms with van der Waals surface area (Å²) in [7, 11) is 0. The van der Waals surface area contributed by atoms with Gasteiger partial charge in [-0.25, -0.2) is 0 Å². The van der Waals surface area contributed by atoms with Crippen LogP contribution in [-0.2, 0) is 0 Å². The van der Waals surface area contributed by atoms with Crippen LogP contribution in [0.4, 0.5) is 0 Å². The molecule has 0 fully saturated rings. The van der Waals surface area contributed by atoms with Crippen molar-refractivity contribution in [3.8, 4) is 0 Å². The Balaban J connectivity index is 2.66. The molecule has 0 atom stereocenters. The van der Waals surface area contributed by atoms with Gasteiger partial charge in [0.15, 0.2) is 0 Å². The molecule has 3 rings (SSSR count). The smallest absolute Gasteiger partial charge is 0.0616 e. The van der Waals surface area contributed by atoms with Crippen LogP contribution in [0.2, 0.25) is 0 Å². The first-order valence-electron chi connectivity index (χ1n) is 6.90. The van der Waals surface area contributed by atoms with E-state index in [0.29, 0.717) is 10.8 Å². The van der Waals surface area contributed by atoms with Gasteiger partial charge in [-0.1, -0.05) is 48.4 Å². The average molecular weight is 183 g/mol. The predicted molar refractivity (Wildman–Crippen MR) is 61.5 cm³/mol. The molecular formula is C14H10. The molecule has 0 unspecified atom stereocenters. The summed E-state index contributed by atoms with van der Waals surface area (Å²) < 4.78 is 39.4. The van der Waals surface area contributed by atoms with Crippen LogP contribution < -0.4 is 0 Å². The van der Waals surface area contributed by atoms with Crippen LogP contribution in [0, 0.1) is 0 Å². The highest BCUT2D eigenvalue weighted by molar-refractivity contribution is 5.97. The SMILES string of the molecule is [2H]c1c([2H])c([2H])c2c([2H])c3ccccc3cc2c1[2H]. The Hall–Kier alpha value is -1.82. The Labute approximate surface area is 89.8 Å². The number of hydrogen-bond donors (Lipinski definition) is 0. The third-order valence-corrected chi connectivity index (χ3v) is 2.24. The lowest BCUT2D eigenvalue weighted by atomic mass is 10.0. The van der Waals surface area contributed by atoms with E-state index < -0.39 is 0 Å². The topological polar surface area (TPSA) is 0 Å². The third kappa shape index (κ3) is 1.08. The molecule has 66 valence electrons. The highest BCUT2D eigenvalue weighted by Crippen LogP contribution is 2.21. The van der Waals surface area contributed by atoms with E-state index >= 15 is 0 Å². The Bertz CT molecular complexity index is 823. The molecule has 0 aromatic heterocycles. The van der Waals surface area contributed by atoms with Gasteiger partial charge >= 0.3 is 0 Å². The van der Waals surface area contributed by atoms with E-state index in [1.54, 1.807) is 12.1 Å². The molecule has 0 saturated heterocycles. The molecule has 0 amide bonds. The minimum Gasteiger partial charge on any atom is -0.0616 e. The van der Waals surface area contributed by atoms with E-state index in [1.165, 1.54) is 0 Å². The zero-order valence-corrected chi connectivity index (χ0v) is 7.39. The van der Waals surface area contributed by atoms with Gasteiger partial charge in [0, 0.05) is 0 Å². The predicted octanol–water partition coefficient (Wildman–Crippen LogP) is 3.99. The molecule has 0 bridgehead atoms. The molecule has 0 aliphatic rings. The molecule has 0 N–H and O–H groups in total. The maximum Gasteiger partial charge on any atom is 0.0636 e. The second-order valence-corrected chi connectivity index (χ2v) is 3.15. The van der Waals surface area contributed by atoms with Crippen LogP contribution in [-0.4, -0.2) is 0 Å². The quantitative estimate of drug-likeness (QED) is 0.462. The zero-order valence-electron chi connectivity index (χ0n) is 12.4. The maximum absolute atomic E-state index is 8.19. The minimum atomic E-state index is -0.290. The van der Waals surface area contributed by atoms with Crippen molar-refractivity contribution in [3.05, 3.63) is 60.5 Å². The summed E-state index contributed by atoms with van der Waals surface area (Å²) in [6.45, 7) is 0. The van der Waals surface area contributed by atoms with Gasteiger partial charge in [0.2, 0.25) is 0 Å². The van der Waals surface area contributed by atoms with Crippen molar-refractivity contribution < 1.29 is 6.85 Å². The largest absolute Gasteiger partial charge is 0.0636 e. The monoisotopic (exact) mass is 183 g/mol. The molecule has 0 nitrogen and oxygen atoms in total. The van der Waals surface area contributed by atoms with Gasteiger partial charge in [-0.3, -0.25) is 0 Å². The van der Waals surface area contributed by atoms with Gasteiger partial charge < -0.3 is 0 Å². The molecule has 14 heavy (non-hydrogen) atoms. The van der Waals surface area contributed by atoms with Crippen molar-refractivity contribution in [1.29, 1.82) is 0 Å². The highest BCUT2D eigenvalue weighted by Gasteiger charge is 1.95. The molecule has 3 aromatic carbocycles. The lowest BCUT2D eigenvalue weighted by Gasteiger charge is -2.00. The first-order valence-corrected chi connectivity index (χ1v) is 4.40. The van der Waals surface area contributed by atoms with Gasteiger partial charge in [0.25, 0.3) is 0 Å². The van der Waals surface area contributed by atoms with E-state index in [9.17, 15) is 0 Å². The van der Waals surface area contributed by atoms with Crippen LogP contribution in [0.25, 0.3) is 21.5 Å². The standard InChI is InChI=1S/C14H10/c1-2-6-12-10-14-8-4-3-7-13(14)9-11(12)5-1/h1-10H/i1D,2D,5D,6D,9D. The van der Waals surface area contributed by atoms with Crippen molar-refractivity contribution in [2.45, 2.75) is 0 Å². The summed E-state index contributed by atoms with van der Waals surface area (Å²) in [5.41, 5.74) is 0. The first-order chi connectivity index (χ1) is 9.02. The Kier molecular flexibility index (Phi) is 0.841. The fourth-order valence-electron chi connectivity index (χ4n) is 1.56. The number of rotatable bonds is 0. The molecule has 0 spiro atoms. The van der Waals surface area contributed by atoms with Crippen LogP contribution in [0.1, 0.15) is 6.85 Å². The van der Waals surface area contributed by atoms with E-state index in [-0.39, 0.29) is 35.6 Å². The lowest BCUT2D eigenvalue weighted by molar-refractivity contribution is 1.76. The van der Waals surface area contributed by atoms with Gasteiger partial charge in [-0.2, -0.15) is 0 Å². The number of hydrogen-bond acceptors (Lipinski definition) is 0. The fraction of sp³-hybridized carbons (Fsp3) is 0. The van der Waals surface area contributed by atoms with Crippen molar-refractivity contribution in [3.63, 3.8) is 0 Å². The molecule has 0 heterocycles. The zero-order chi connectivity index (χ0) is 13.7. The van der Waals surface area contributed by atoms with Crippen LogP contribution in [0.5, 0.6) is 0 Å². The second-order valence-electron chi connectivity index (χ2n) is 3.15. The lowest BCUT2D eigenvalue weighted by Crippen LogP contribution is -1.74. The molecule has 3 aromatic rings. The van der Waals surface area contributed by atoms with E-state index in [4.69, 9.17) is 6.85 Å². The second kappa shape index (κ2) is 2.85. The van der Waals surface area contributed by atoms with Gasteiger partial charge in [-0.05, 0) is 33.7 Å². The van der Waals surface area contributed by atoms with Crippen molar-refractivity contribution in [2.24, 2.45) is 0 Å². The van der Waals surface area contributed by atoms with Gasteiger partial charge in [-0.15, -0.1) is 0 Å². The normalized spacial score (nSPS) is 15.9. The summed E-state index contributed by atoms with van der Waals surface area (Å²) in [4.78, 5) is 0. The van der Waals surface area contributed by atoms with Crippen LogP contribution >= 0.6 is 0 Å².